The van der Waals surface area contributed by atoms with Crippen molar-refractivity contribution in [1.82, 2.24) is 0 Å². The zero-order valence-corrected chi connectivity index (χ0v) is 8.61. The van der Waals surface area contributed by atoms with Crippen LogP contribution in [0.4, 0.5) is 0 Å². The van der Waals surface area contributed by atoms with Crippen LogP contribution in [0.25, 0.3) is 0 Å². The monoisotopic (exact) mass is 202 g/mol. The fourth-order valence-corrected chi connectivity index (χ4v) is 1.69. The van der Waals surface area contributed by atoms with Crippen molar-refractivity contribution in [2.45, 2.75) is 12.3 Å². The highest BCUT2D eigenvalue weighted by Gasteiger charge is 2.15. The molecule has 1 aliphatic heterocycles. The SMILES string of the molecule is C=CC[C@@H](C=C)c1ccc2c(c1)OCO2. The van der Waals surface area contributed by atoms with Crippen molar-refractivity contribution in [3.63, 3.8) is 0 Å². The Bertz CT molecular complexity index is 382. The first-order valence-electron chi connectivity index (χ1n) is 4.98. The summed E-state index contributed by atoms with van der Waals surface area (Å²) in [6.07, 6.45) is 4.72. The Morgan fingerprint density at radius 1 is 1.27 bits per heavy atom. The first kappa shape index (κ1) is 9.84. The molecule has 2 nitrogen and oxygen atoms in total. The maximum absolute atomic E-state index is 5.33. The van der Waals surface area contributed by atoms with E-state index < -0.39 is 0 Å². The molecule has 0 saturated heterocycles. The molecule has 1 aliphatic rings. The smallest absolute Gasteiger partial charge is 0.231 e. The van der Waals surface area contributed by atoms with Gasteiger partial charge in [0, 0.05) is 5.92 Å². The molecule has 0 N–H and O–H groups in total. The summed E-state index contributed by atoms with van der Waals surface area (Å²) in [4.78, 5) is 0. The van der Waals surface area contributed by atoms with E-state index in [2.05, 4.69) is 13.2 Å². The van der Waals surface area contributed by atoms with Gasteiger partial charge in [0.15, 0.2) is 11.5 Å². The van der Waals surface area contributed by atoms with Crippen molar-refractivity contribution < 1.29 is 9.47 Å². The first-order valence-corrected chi connectivity index (χ1v) is 4.98. The molecule has 78 valence electrons. The first-order chi connectivity index (χ1) is 7.35. The lowest BCUT2D eigenvalue weighted by Crippen LogP contribution is -1.94. The van der Waals surface area contributed by atoms with E-state index in [0.717, 1.165) is 17.9 Å². The van der Waals surface area contributed by atoms with Crippen molar-refractivity contribution in [3.05, 3.63) is 49.1 Å². The van der Waals surface area contributed by atoms with Crippen LogP contribution in [0, 0.1) is 0 Å². The van der Waals surface area contributed by atoms with Crippen molar-refractivity contribution in [3.8, 4) is 11.5 Å². The van der Waals surface area contributed by atoms with Gasteiger partial charge in [-0.15, -0.1) is 13.2 Å². The molecule has 0 radical (unpaired) electrons. The van der Waals surface area contributed by atoms with Crippen LogP contribution in [0.15, 0.2) is 43.5 Å². The van der Waals surface area contributed by atoms with Crippen LogP contribution in [0.2, 0.25) is 0 Å². The number of ether oxygens (including phenoxy) is 2. The third-order valence-corrected chi connectivity index (χ3v) is 2.53. The van der Waals surface area contributed by atoms with Gasteiger partial charge < -0.3 is 9.47 Å². The summed E-state index contributed by atoms with van der Waals surface area (Å²) in [5.74, 6) is 1.94. The Labute approximate surface area is 89.8 Å². The predicted octanol–water partition coefficient (Wildman–Crippen LogP) is 3.26. The lowest BCUT2D eigenvalue weighted by molar-refractivity contribution is 0.174. The van der Waals surface area contributed by atoms with Crippen LogP contribution in [-0.4, -0.2) is 6.79 Å². The number of allylic oxidation sites excluding steroid dienone is 2. The summed E-state index contributed by atoms with van der Waals surface area (Å²) in [5, 5.41) is 0. The van der Waals surface area contributed by atoms with Crippen LogP contribution in [-0.2, 0) is 0 Å². The van der Waals surface area contributed by atoms with Crippen LogP contribution in [0.1, 0.15) is 17.9 Å². The maximum atomic E-state index is 5.33. The molecular weight excluding hydrogens is 188 g/mol. The van der Waals surface area contributed by atoms with Crippen LogP contribution in [0.5, 0.6) is 11.5 Å². The van der Waals surface area contributed by atoms with E-state index in [1.807, 2.05) is 30.4 Å². The van der Waals surface area contributed by atoms with Gasteiger partial charge in [-0.1, -0.05) is 18.2 Å². The molecule has 0 fully saturated rings. The minimum Gasteiger partial charge on any atom is -0.454 e. The predicted molar refractivity (Wildman–Crippen MR) is 60.3 cm³/mol. The van der Waals surface area contributed by atoms with Gasteiger partial charge in [-0.3, -0.25) is 0 Å². The number of fused-ring (bicyclic) bond motifs is 1. The van der Waals surface area contributed by atoms with Crippen molar-refractivity contribution >= 4 is 0 Å². The zero-order chi connectivity index (χ0) is 10.7. The highest BCUT2D eigenvalue weighted by Crippen LogP contribution is 2.35. The molecule has 1 aromatic carbocycles. The number of benzene rings is 1. The molecule has 2 heteroatoms. The van der Waals surface area contributed by atoms with Crippen molar-refractivity contribution in [2.24, 2.45) is 0 Å². The molecule has 0 aliphatic carbocycles. The topological polar surface area (TPSA) is 18.5 Å². The molecule has 2 rings (SSSR count). The summed E-state index contributed by atoms with van der Waals surface area (Å²) in [6.45, 7) is 7.89. The normalized spacial score (nSPS) is 14.7. The second kappa shape index (κ2) is 4.22. The molecule has 0 saturated carbocycles. The summed E-state index contributed by atoms with van der Waals surface area (Å²) in [5.41, 5.74) is 1.19. The van der Waals surface area contributed by atoms with Crippen LogP contribution >= 0.6 is 0 Å². The molecule has 0 spiro atoms. The fraction of sp³-hybridized carbons (Fsp3) is 0.231. The van der Waals surface area contributed by atoms with Crippen LogP contribution < -0.4 is 9.47 Å². The molecular formula is C13H14O2. The third kappa shape index (κ3) is 1.89. The van der Waals surface area contributed by atoms with Gasteiger partial charge in [0.25, 0.3) is 0 Å². The zero-order valence-electron chi connectivity index (χ0n) is 8.61. The molecule has 0 unspecified atom stereocenters. The van der Waals surface area contributed by atoms with Crippen molar-refractivity contribution in [1.29, 1.82) is 0 Å². The minimum atomic E-state index is 0.303. The largest absolute Gasteiger partial charge is 0.454 e. The second-order valence-electron chi connectivity index (χ2n) is 3.48. The average Bonchev–Trinajstić information content (AvgIpc) is 2.72. The van der Waals surface area contributed by atoms with E-state index in [1.54, 1.807) is 0 Å². The summed E-state index contributed by atoms with van der Waals surface area (Å²) >= 11 is 0. The minimum absolute atomic E-state index is 0.303. The van der Waals surface area contributed by atoms with E-state index in [0.29, 0.717) is 12.7 Å². The van der Waals surface area contributed by atoms with E-state index >= 15 is 0 Å². The van der Waals surface area contributed by atoms with Gasteiger partial charge >= 0.3 is 0 Å². The maximum Gasteiger partial charge on any atom is 0.231 e. The molecule has 0 bridgehead atoms. The van der Waals surface area contributed by atoms with Gasteiger partial charge in [-0.25, -0.2) is 0 Å². The Hall–Kier alpha value is -1.70. The lowest BCUT2D eigenvalue weighted by Gasteiger charge is -2.10. The Morgan fingerprint density at radius 2 is 2.07 bits per heavy atom. The number of hydrogen-bond donors (Lipinski definition) is 0. The van der Waals surface area contributed by atoms with E-state index in [4.69, 9.17) is 9.47 Å². The number of rotatable bonds is 4. The second-order valence-corrected chi connectivity index (χ2v) is 3.48. The summed E-state index contributed by atoms with van der Waals surface area (Å²) < 4.78 is 10.6. The average molecular weight is 202 g/mol. The standard InChI is InChI=1S/C13H14O2/c1-3-5-10(4-2)11-6-7-12-13(8-11)15-9-14-12/h3-4,6-8,10H,1-2,5,9H2/t10-/m1/s1. The molecule has 15 heavy (non-hydrogen) atoms. The van der Waals surface area contributed by atoms with E-state index in [9.17, 15) is 0 Å². The van der Waals surface area contributed by atoms with Gasteiger partial charge in [-0.2, -0.15) is 0 Å². The van der Waals surface area contributed by atoms with Gasteiger partial charge in [-0.05, 0) is 24.1 Å². The van der Waals surface area contributed by atoms with E-state index in [1.165, 1.54) is 5.56 Å². The highest BCUT2D eigenvalue weighted by atomic mass is 16.7. The van der Waals surface area contributed by atoms with Crippen LogP contribution in [0.3, 0.4) is 0 Å². The molecule has 1 atom stereocenters. The summed E-state index contributed by atoms with van der Waals surface area (Å²) in [7, 11) is 0. The molecule has 1 heterocycles. The molecule has 0 amide bonds. The Kier molecular flexibility index (Phi) is 2.77. The third-order valence-electron chi connectivity index (χ3n) is 2.53. The molecule has 1 aromatic rings. The summed E-state index contributed by atoms with van der Waals surface area (Å²) in [6, 6.07) is 6.00. The number of hydrogen-bond acceptors (Lipinski definition) is 2. The Balaban J connectivity index is 2.28. The van der Waals surface area contributed by atoms with Crippen molar-refractivity contribution in [2.75, 3.05) is 6.79 Å². The van der Waals surface area contributed by atoms with E-state index in [-0.39, 0.29) is 0 Å². The van der Waals surface area contributed by atoms with Gasteiger partial charge in [0.2, 0.25) is 6.79 Å². The molecule has 0 aromatic heterocycles. The lowest BCUT2D eigenvalue weighted by atomic mass is 9.95. The Morgan fingerprint density at radius 3 is 2.80 bits per heavy atom. The van der Waals surface area contributed by atoms with Gasteiger partial charge in [0.05, 0.1) is 0 Å². The highest BCUT2D eigenvalue weighted by molar-refractivity contribution is 5.46. The fourth-order valence-electron chi connectivity index (χ4n) is 1.69. The quantitative estimate of drug-likeness (QED) is 0.698. The van der Waals surface area contributed by atoms with Gasteiger partial charge in [0.1, 0.15) is 0 Å².